The summed E-state index contributed by atoms with van der Waals surface area (Å²) in [6, 6.07) is 7.00. The molecule has 0 radical (unpaired) electrons. The Labute approximate surface area is 152 Å². The number of likely N-dealkylation sites (tertiary alicyclic amines) is 1. The summed E-state index contributed by atoms with van der Waals surface area (Å²) in [5.41, 5.74) is 12.1. The van der Waals surface area contributed by atoms with Gasteiger partial charge in [-0.2, -0.15) is 0 Å². The number of benzene rings is 1. The average molecular weight is 360 g/mol. The molecule has 3 fully saturated rings. The smallest absolute Gasteiger partial charge is 0.238 e. The van der Waals surface area contributed by atoms with Gasteiger partial charge in [-0.1, -0.05) is 12.1 Å². The van der Waals surface area contributed by atoms with Gasteiger partial charge in [0.2, 0.25) is 11.8 Å². The highest BCUT2D eigenvalue weighted by Crippen LogP contribution is 2.47. The molecule has 2 amide bonds. The zero-order valence-electron chi connectivity index (χ0n) is 14.7. The third-order valence-corrected chi connectivity index (χ3v) is 6.27. The van der Waals surface area contributed by atoms with Crippen molar-refractivity contribution in [3.05, 3.63) is 35.6 Å². The van der Waals surface area contributed by atoms with Gasteiger partial charge in [0.1, 0.15) is 11.2 Å². The Balaban J connectivity index is 1.40. The average Bonchev–Trinajstić information content (AvgIpc) is 3.32. The molecular weight excluding hydrogens is 335 g/mol. The predicted octanol–water partition coefficient (Wildman–Crippen LogP) is 0.890. The Morgan fingerprint density at radius 2 is 1.96 bits per heavy atom. The molecule has 4 N–H and O–H groups in total. The summed E-state index contributed by atoms with van der Waals surface area (Å²) in [4.78, 5) is 26.0. The molecule has 0 spiro atoms. The van der Waals surface area contributed by atoms with Crippen LogP contribution in [0.4, 0.5) is 4.39 Å². The standard InChI is InChI=1S/C19H25FN4O2/c20-14-3-1-2-13(10-14)15-11-22-23-16(15)12-4-8-24(9-5-12)18(26)19(6-7-19)17(21)25/h1-3,10,12,15-16,22-23H,4-9,11H2,(H2,21,25). The van der Waals surface area contributed by atoms with Gasteiger partial charge in [0.05, 0.1) is 0 Å². The lowest BCUT2D eigenvalue weighted by Crippen LogP contribution is -2.49. The monoisotopic (exact) mass is 360 g/mol. The molecule has 1 saturated carbocycles. The Kier molecular flexibility index (Phi) is 4.44. The lowest BCUT2D eigenvalue weighted by atomic mass is 9.80. The van der Waals surface area contributed by atoms with E-state index < -0.39 is 11.3 Å². The highest BCUT2D eigenvalue weighted by Gasteiger charge is 2.57. The Morgan fingerprint density at radius 1 is 1.23 bits per heavy atom. The maximum absolute atomic E-state index is 13.6. The van der Waals surface area contributed by atoms with Gasteiger partial charge in [-0.25, -0.2) is 4.39 Å². The molecule has 7 heteroatoms. The van der Waals surface area contributed by atoms with E-state index in [-0.39, 0.29) is 23.7 Å². The van der Waals surface area contributed by atoms with Gasteiger partial charge in [-0.05, 0) is 49.3 Å². The molecule has 1 aliphatic carbocycles. The summed E-state index contributed by atoms with van der Waals surface area (Å²) >= 11 is 0. The van der Waals surface area contributed by atoms with Gasteiger partial charge in [0, 0.05) is 31.6 Å². The topological polar surface area (TPSA) is 87.5 Å². The van der Waals surface area contributed by atoms with Crippen molar-refractivity contribution in [2.45, 2.75) is 37.6 Å². The van der Waals surface area contributed by atoms with E-state index in [1.807, 2.05) is 6.07 Å². The van der Waals surface area contributed by atoms with Crippen LogP contribution >= 0.6 is 0 Å². The third-order valence-electron chi connectivity index (χ3n) is 6.27. The fourth-order valence-corrected chi connectivity index (χ4v) is 4.48. The molecule has 6 nitrogen and oxygen atoms in total. The molecule has 1 aromatic carbocycles. The van der Waals surface area contributed by atoms with E-state index in [9.17, 15) is 14.0 Å². The number of carbonyl (C=O) groups excluding carboxylic acids is 2. The van der Waals surface area contributed by atoms with Crippen LogP contribution in [-0.4, -0.2) is 42.4 Å². The van der Waals surface area contributed by atoms with Gasteiger partial charge < -0.3 is 10.6 Å². The van der Waals surface area contributed by atoms with Crippen LogP contribution in [0, 0.1) is 17.2 Å². The van der Waals surface area contributed by atoms with Crippen molar-refractivity contribution in [2.75, 3.05) is 19.6 Å². The largest absolute Gasteiger partial charge is 0.369 e. The van der Waals surface area contributed by atoms with E-state index in [1.54, 1.807) is 17.0 Å². The predicted molar refractivity (Wildman–Crippen MR) is 94.2 cm³/mol. The van der Waals surface area contributed by atoms with E-state index in [4.69, 9.17) is 5.73 Å². The number of primary amides is 1. The SMILES string of the molecule is NC(=O)C1(C(=O)N2CCC(C3NNCC3c3cccc(F)c3)CC2)CC1. The lowest BCUT2D eigenvalue weighted by molar-refractivity contribution is -0.144. The first-order chi connectivity index (χ1) is 12.5. The Bertz CT molecular complexity index is 713. The highest BCUT2D eigenvalue weighted by atomic mass is 19.1. The van der Waals surface area contributed by atoms with E-state index >= 15 is 0 Å². The quantitative estimate of drug-likeness (QED) is 0.696. The summed E-state index contributed by atoms with van der Waals surface area (Å²) < 4.78 is 13.6. The van der Waals surface area contributed by atoms with Crippen molar-refractivity contribution in [3.63, 3.8) is 0 Å². The molecule has 1 aromatic rings. The zero-order chi connectivity index (χ0) is 18.3. The molecular formula is C19H25FN4O2. The summed E-state index contributed by atoms with van der Waals surface area (Å²) in [5.74, 6) is -0.195. The van der Waals surface area contributed by atoms with Crippen LogP contribution in [0.1, 0.15) is 37.2 Å². The number of amides is 2. The van der Waals surface area contributed by atoms with Crippen LogP contribution in [0.3, 0.4) is 0 Å². The normalized spacial score (nSPS) is 28.1. The zero-order valence-corrected chi connectivity index (χ0v) is 14.7. The van der Waals surface area contributed by atoms with Gasteiger partial charge in [-0.3, -0.25) is 20.4 Å². The fraction of sp³-hybridized carbons (Fsp3) is 0.579. The van der Waals surface area contributed by atoms with Crippen LogP contribution in [-0.2, 0) is 9.59 Å². The summed E-state index contributed by atoms with van der Waals surface area (Å²) in [7, 11) is 0. The van der Waals surface area contributed by atoms with Crippen molar-refractivity contribution in [2.24, 2.45) is 17.1 Å². The van der Waals surface area contributed by atoms with Crippen LogP contribution in [0.5, 0.6) is 0 Å². The molecule has 0 aromatic heterocycles. The maximum atomic E-state index is 13.6. The van der Waals surface area contributed by atoms with Crippen LogP contribution in [0.2, 0.25) is 0 Å². The first-order valence-corrected chi connectivity index (χ1v) is 9.34. The van der Waals surface area contributed by atoms with Crippen molar-refractivity contribution >= 4 is 11.8 Å². The number of hydrazine groups is 1. The second-order valence-electron chi connectivity index (χ2n) is 7.79. The Morgan fingerprint density at radius 3 is 2.58 bits per heavy atom. The molecule has 2 heterocycles. The summed E-state index contributed by atoms with van der Waals surface area (Å²) in [6.07, 6.45) is 2.89. The molecule has 2 atom stereocenters. The number of nitrogens with two attached hydrogens (primary N) is 1. The molecule has 2 saturated heterocycles. The van der Waals surface area contributed by atoms with Crippen LogP contribution in [0.15, 0.2) is 24.3 Å². The minimum Gasteiger partial charge on any atom is -0.369 e. The second kappa shape index (κ2) is 6.63. The van der Waals surface area contributed by atoms with Crippen molar-refractivity contribution in [1.82, 2.24) is 15.8 Å². The molecule has 2 unspecified atom stereocenters. The summed E-state index contributed by atoms with van der Waals surface area (Å²) in [6.45, 7) is 2.05. The van der Waals surface area contributed by atoms with Crippen LogP contribution < -0.4 is 16.6 Å². The van der Waals surface area contributed by atoms with Gasteiger partial charge in [-0.15, -0.1) is 0 Å². The molecule has 2 aliphatic heterocycles. The van der Waals surface area contributed by atoms with Crippen molar-refractivity contribution < 1.29 is 14.0 Å². The van der Waals surface area contributed by atoms with E-state index in [0.717, 1.165) is 24.9 Å². The number of carbonyl (C=O) groups is 2. The second-order valence-corrected chi connectivity index (χ2v) is 7.79. The van der Waals surface area contributed by atoms with Crippen LogP contribution in [0.25, 0.3) is 0 Å². The fourth-order valence-electron chi connectivity index (χ4n) is 4.48. The van der Waals surface area contributed by atoms with E-state index in [0.29, 0.717) is 31.8 Å². The number of rotatable bonds is 4. The maximum Gasteiger partial charge on any atom is 0.238 e. The number of hydrogen-bond acceptors (Lipinski definition) is 4. The van der Waals surface area contributed by atoms with Crippen molar-refractivity contribution in [1.29, 1.82) is 0 Å². The number of piperidine rings is 1. The molecule has 26 heavy (non-hydrogen) atoms. The summed E-state index contributed by atoms with van der Waals surface area (Å²) in [5, 5.41) is 0. The molecule has 0 bridgehead atoms. The first-order valence-electron chi connectivity index (χ1n) is 9.34. The number of nitrogens with one attached hydrogen (secondary N) is 2. The Hall–Kier alpha value is -1.99. The lowest BCUT2D eigenvalue weighted by Gasteiger charge is -2.37. The minimum atomic E-state index is -0.926. The van der Waals surface area contributed by atoms with Gasteiger partial charge >= 0.3 is 0 Å². The van der Waals surface area contributed by atoms with E-state index in [2.05, 4.69) is 10.9 Å². The highest BCUT2D eigenvalue weighted by molar-refractivity contribution is 6.07. The third kappa shape index (κ3) is 2.99. The molecule has 140 valence electrons. The van der Waals surface area contributed by atoms with E-state index in [1.165, 1.54) is 6.07 Å². The number of halogens is 1. The van der Waals surface area contributed by atoms with Gasteiger partial charge in [0.25, 0.3) is 0 Å². The molecule has 4 rings (SSSR count). The number of nitrogens with zero attached hydrogens (tertiary/aromatic N) is 1. The minimum absolute atomic E-state index is 0.0948. The molecule has 3 aliphatic rings. The first kappa shape index (κ1) is 17.4. The number of hydrogen-bond donors (Lipinski definition) is 3. The van der Waals surface area contributed by atoms with Crippen molar-refractivity contribution in [3.8, 4) is 0 Å². The van der Waals surface area contributed by atoms with Gasteiger partial charge in [0.15, 0.2) is 0 Å².